The standard InChI is InChI=1S/C11H22N2O2/c1-15-10-5-8-13(9-6-10)11(14)4-2-3-7-12/h10H,2-9,12H2,1H3. The van der Waals surface area contributed by atoms with E-state index in [1.165, 1.54) is 0 Å². The van der Waals surface area contributed by atoms with E-state index in [0.717, 1.165) is 38.8 Å². The van der Waals surface area contributed by atoms with Crippen LogP contribution in [0.1, 0.15) is 32.1 Å². The number of rotatable bonds is 5. The van der Waals surface area contributed by atoms with Crippen LogP contribution in [0, 0.1) is 0 Å². The predicted molar refractivity (Wildman–Crippen MR) is 59.5 cm³/mol. The number of likely N-dealkylation sites (tertiary alicyclic amines) is 1. The minimum Gasteiger partial charge on any atom is -0.381 e. The third-order valence-corrected chi connectivity index (χ3v) is 2.97. The second kappa shape index (κ2) is 6.80. The molecule has 1 saturated heterocycles. The van der Waals surface area contributed by atoms with E-state index in [2.05, 4.69) is 0 Å². The highest BCUT2D eigenvalue weighted by Gasteiger charge is 2.21. The van der Waals surface area contributed by atoms with Crippen molar-refractivity contribution in [3.63, 3.8) is 0 Å². The highest BCUT2D eigenvalue weighted by molar-refractivity contribution is 5.76. The Morgan fingerprint density at radius 1 is 1.40 bits per heavy atom. The summed E-state index contributed by atoms with van der Waals surface area (Å²) in [5.41, 5.74) is 5.39. The molecule has 0 aliphatic carbocycles. The molecule has 0 saturated carbocycles. The average molecular weight is 214 g/mol. The number of carbonyl (C=O) groups is 1. The van der Waals surface area contributed by atoms with E-state index < -0.39 is 0 Å². The number of nitrogens with two attached hydrogens (primary N) is 1. The smallest absolute Gasteiger partial charge is 0.222 e. The van der Waals surface area contributed by atoms with Crippen LogP contribution in [0.5, 0.6) is 0 Å². The summed E-state index contributed by atoms with van der Waals surface area (Å²) in [6.07, 6.45) is 4.80. The Kier molecular flexibility index (Phi) is 5.65. The van der Waals surface area contributed by atoms with Crippen LogP contribution in [0.2, 0.25) is 0 Å². The lowest BCUT2D eigenvalue weighted by atomic mass is 10.1. The summed E-state index contributed by atoms with van der Waals surface area (Å²) in [5.74, 6) is 0.276. The SMILES string of the molecule is COC1CCN(C(=O)CCCCN)CC1. The fourth-order valence-electron chi connectivity index (χ4n) is 1.92. The first-order valence-corrected chi connectivity index (χ1v) is 5.78. The Morgan fingerprint density at radius 3 is 2.60 bits per heavy atom. The maximum absolute atomic E-state index is 11.7. The molecule has 1 rings (SSSR count). The highest BCUT2D eigenvalue weighted by atomic mass is 16.5. The molecular weight excluding hydrogens is 192 g/mol. The van der Waals surface area contributed by atoms with Gasteiger partial charge in [0.15, 0.2) is 0 Å². The van der Waals surface area contributed by atoms with Crippen LogP contribution in [-0.2, 0) is 9.53 Å². The Labute approximate surface area is 91.8 Å². The third-order valence-electron chi connectivity index (χ3n) is 2.97. The molecule has 1 aliphatic heterocycles. The van der Waals surface area contributed by atoms with Gasteiger partial charge in [-0.1, -0.05) is 0 Å². The van der Waals surface area contributed by atoms with Gasteiger partial charge < -0.3 is 15.4 Å². The van der Waals surface area contributed by atoms with Gasteiger partial charge in [0.05, 0.1) is 6.10 Å². The van der Waals surface area contributed by atoms with Crippen molar-refractivity contribution in [3.05, 3.63) is 0 Å². The average Bonchev–Trinajstić information content (AvgIpc) is 2.29. The molecule has 0 aromatic rings. The van der Waals surface area contributed by atoms with E-state index in [4.69, 9.17) is 10.5 Å². The molecule has 1 amide bonds. The van der Waals surface area contributed by atoms with Gasteiger partial charge in [0.1, 0.15) is 0 Å². The number of amides is 1. The summed E-state index contributed by atoms with van der Waals surface area (Å²) in [5, 5.41) is 0. The molecule has 1 aliphatic rings. The van der Waals surface area contributed by atoms with Crippen LogP contribution in [0.15, 0.2) is 0 Å². The lowest BCUT2D eigenvalue weighted by Gasteiger charge is -2.31. The molecule has 0 radical (unpaired) electrons. The number of carbonyl (C=O) groups excluding carboxylic acids is 1. The van der Waals surface area contributed by atoms with Crippen molar-refractivity contribution >= 4 is 5.91 Å². The number of nitrogens with zero attached hydrogens (tertiary/aromatic N) is 1. The first-order valence-electron chi connectivity index (χ1n) is 5.78. The number of unbranched alkanes of at least 4 members (excludes halogenated alkanes) is 1. The fraction of sp³-hybridized carbons (Fsp3) is 0.909. The number of hydrogen-bond acceptors (Lipinski definition) is 3. The molecule has 4 heteroatoms. The Morgan fingerprint density at radius 2 is 2.07 bits per heavy atom. The summed E-state index contributed by atoms with van der Waals surface area (Å²) in [4.78, 5) is 13.7. The normalized spacial score (nSPS) is 18.1. The van der Waals surface area contributed by atoms with E-state index in [1.54, 1.807) is 7.11 Å². The summed E-state index contributed by atoms with van der Waals surface area (Å²) < 4.78 is 5.26. The molecule has 15 heavy (non-hydrogen) atoms. The van der Waals surface area contributed by atoms with Gasteiger partial charge in [0.25, 0.3) is 0 Å². The molecule has 0 unspecified atom stereocenters. The van der Waals surface area contributed by atoms with Gasteiger partial charge in [-0.3, -0.25) is 4.79 Å². The minimum atomic E-state index is 0.276. The topological polar surface area (TPSA) is 55.6 Å². The molecule has 0 aromatic carbocycles. The van der Waals surface area contributed by atoms with Crippen LogP contribution < -0.4 is 5.73 Å². The highest BCUT2D eigenvalue weighted by Crippen LogP contribution is 2.14. The number of ether oxygens (including phenoxy) is 1. The van der Waals surface area contributed by atoms with Crippen LogP contribution in [0.25, 0.3) is 0 Å². The van der Waals surface area contributed by atoms with Crippen molar-refractivity contribution < 1.29 is 9.53 Å². The second-order valence-electron chi connectivity index (χ2n) is 4.06. The summed E-state index contributed by atoms with van der Waals surface area (Å²) >= 11 is 0. The van der Waals surface area contributed by atoms with Gasteiger partial charge in [-0.15, -0.1) is 0 Å². The van der Waals surface area contributed by atoms with Crippen molar-refractivity contribution in [3.8, 4) is 0 Å². The molecule has 0 bridgehead atoms. The molecule has 4 nitrogen and oxygen atoms in total. The van der Waals surface area contributed by atoms with Crippen molar-refractivity contribution in [2.75, 3.05) is 26.7 Å². The molecule has 88 valence electrons. The number of hydrogen-bond donors (Lipinski definition) is 1. The van der Waals surface area contributed by atoms with Crippen molar-refractivity contribution in [2.24, 2.45) is 5.73 Å². The lowest BCUT2D eigenvalue weighted by molar-refractivity contribution is -0.133. The number of piperidine rings is 1. The molecule has 1 fully saturated rings. The second-order valence-corrected chi connectivity index (χ2v) is 4.06. The van der Waals surface area contributed by atoms with Gasteiger partial charge in [-0.2, -0.15) is 0 Å². The maximum atomic E-state index is 11.7. The Hall–Kier alpha value is -0.610. The summed E-state index contributed by atoms with van der Waals surface area (Å²) in [6, 6.07) is 0. The maximum Gasteiger partial charge on any atom is 0.222 e. The van der Waals surface area contributed by atoms with E-state index in [0.29, 0.717) is 19.1 Å². The summed E-state index contributed by atoms with van der Waals surface area (Å²) in [6.45, 7) is 2.37. The van der Waals surface area contributed by atoms with E-state index in [-0.39, 0.29) is 5.91 Å². The van der Waals surface area contributed by atoms with Crippen LogP contribution in [0.3, 0.4) is 0 Å². The van der Waals surface area contributed by atoms with Crippen molar-refractivity contribution in [1.29, 1.82) is 0 Å². The van der Waals surface area contributed by atoms with E-state index in [1.807, 2.05) is 4.90 Å². The van der Waals surface area contributed by atoms with Gasteiger partial charge in [-0.05, 0) is 32.2 Å². The zero-order valence-corrected chi connectivity index (χ0v) is 9.58. The minimum absolute atomic E-state index is 0.276. The van der Waals surface area contributed by atoms with Crippen molar-refractivity contribution in [1.82, 2.24) is 4.90 Å². The quantitative estimate of drug-likeness (QED) is 0.687. The third kappa shape index (κ3) is 4.18. The van der Waals surface area contributed by atoms with Crippen molar-refractivity contribution in [2.45, 2.75) is 38.2 Å². The molecule has 1 heterocycles. The predicted octanol–water partition coefficient (Wildman–Crippen LogP) is 0.753. The lowest BCUT2D eigenvalue weighted by Crippen LogP contribution is -2.40. The first-order chi connectivity index (χ1) is 7.27. The van der Waals surface area contributed by atoms with Gasteiger partial charge in [0, 0.05) is 26.6 Å². The van der Waals surface area contributed by atoms with Gasteiger partial charge in [0.2, 0.25) is 5.91 Å². The van der Waals surface area contributed by atoms with Crippen LogP contribution in [0.4, 0.5) is 0 Å². The van der Waals surface area contributed by atoms with E-state index in [9.17, 15) is 4.79 Å². The monoisotopic (exact) mass is 214 g/mol. The Balaban J connectivity index is 2.18. The molecule has 2 N–H and O–H groups in total. The zero-order chi connectivity index (χ0) is 11.1. The number of methoxy groups -OCH3 is 1. The molecule has 0 spiro atoms. The van der Waals surface area contributed by atoms with Gasteiger partial charge in [-0.25, -0.2) is 0 Å². The first kappa shape index (κ1) is 12.5. The zero-order valence-electron chi connectivity index (χ0n) is 9.58. The van der Waals surface area contributed by atoms with Gasteiger partial charge >= 0.3 is 0 Å². The largest absolute Gasteiger partial charge is 0.381 e. The van der Waals surface area contributed by atoms with Crippen LogP contribution >= 0.6 is 0 Å². The summed E-state index contributed by atoms with van der Waals surface area (Å²) in [7, 11) is 1.74. The van der Waals surface area contributed by atoms with Crippen LogP contribution in [-0.4, -0.2) is 43.7 Å². The fourth-order valence-corrected chi connectivity index (χ4v) is 1.92. The molecule has 0 aromatic heterocycles. The Bertz CT molecular complexity index is 189. The molecule has 0 atom stereocenters. The molecular formula is C11H22N2O2. The van der Waals surface area contributed by atoms with E-state index >= 15 is 0 Å².